The second kappa shape index (κ2) is 5.17. The molecular formula is C13H24N2O. The summed E-state index contributed by atoms with van der Waals surface area (Å²) in [6, 6.07) is 0.495. The maximum atomic E-state index is 12.4. The fourth-order valence-corrected chi connectivity index (χ4v) is 3.06. The molecule has 2 unspecified atom stereocenters. The molecule has 0 aromatic heterocycles. The molecule has 0 aliphatic carbocycles. The summed E-state index contributed by atoms with van der Waals surface area (Å²) < 4.78 is 0. The third kappa shape index (κ3) is 2.40. The summed E-state index contributed by atoms with van der Waals surface area (Å²) in [7, 11) is 0. The first-order valence-electron chi connectivity index (χ1n) is 6.71. The molecule has 2 aliphatic heterocycles. The first kappa shape index (κ1) is 11.9. The highest BCUT2D eigenvalue weighted by molar-refractivity contribution is 5.79. The molecule has 3 heteroatoms. The van der Waals surface area contributed by atoms with Crippen LogP contribution >= 0.6 is 0 Å². The van der Waals surface area contributed by atoms with Crippen LogP contribution in [-0.4, -0.2) is 36.5 Å². The van der Waals surface area contributed by atoms with Gasteiger partial charge in [-0.15, -0.1) is 0 Å². The summed E-state index contributed by atoms with van der Waals surface area (Å²) in [5, 5.41) is 3.34. The number of amides is 1. The minimum Gasteiger partial charge on any atom is -0.339 e. The lowest BCUT2D eigenvalue weighted by Gasteiger charge is -2.32. The quantitative estimate of drug-likeness (QED) is 0.773. The maximum Gasteiger partial charge on any atom is 0.227 e. The van der Waals surface area contributed by atoms with Gasteiger partial charge in [0, 0.05) is 19.1 Å². The first-order chi connectivity index (χ1) is 7.70. The van der Waals surface area contributed by atoms with Gasteiger partial charge in [0.05, 0.1) is 5.92 Å². The van der Waals surface area contributed by atoms with Crippen molar-refractivity contribution in [3.05, 3.63) is 0 Å². The van der Waals surface area contributed by atoms with Gasteiger partial charge in [0.25, 0.3) is 0 Å². The largest absolute Gasteiger partial charge is 0.339 e. The van der Waals surface area contributed by atoms with Crippen molar-refractivity contribution in [2.75, 3.05) is 19.6 Å². The molecule has 1 amide bonds. The van der Waals surface area contributed by atoms with Crippen LogP contribution in [0, 0.1) is 11.8 Å². The van der Waals surface area contributed by atoms with E-state index in [9.17, 15) is 4.79 Å². The van der Waals surface area contributed by atoms with Crippen molar-refractivity contribution in [2.24, 2.45) is 11.8 Å². The molecule has 2 saturated heterocycles. The Hall–Kier alpha value is -0.570. The average Bonchev–Trinajstić information content (AvgIpc) is 2.78. The highest BCUT2D eigenvalue weighted by Crippen LogP contribution is 2.26. The molecule has 0 saturated carbocycles. The van der Waals surface area contributed by atoms with E-state index in [2.05, 4.69) is 24.1 Å². The Morgan fingerprint density at radius 3 is 2.75 bits per heavy atom. The predicted octanol–water partition coefficient (Wildman–Crippen LogP) is 1.63. The van der Waals surface area contributed by atoms with Gasteiger partial charge in [-0.2, -0.15) is 0 Å². The molecule has 3 nitrogen and oxygen atoms in total. The van der Waals surface area contributed by atoms with E-state index in [1.807, 2.05) is 0 Å². The average molecular weight is 224 g/mol. The van der Waals surface area contributed by atoms with E-state index < -0.39 is 0 Å². The molecule has 16 heavy (non-hydrogen) atoms. The normalized spacial score (nSPS) is 31.1. The second-order valence-electron chi connectivity index (χ2n) is 5.53. The van der Waals surface area contributed by atoms with Gasteiger partial charge in [0.2, 0.25) is 5.91 Å². The fraction of sp³-hybridized carbons (Fsp3) is 0.923. The van der Waals surface area contributed by atoms with Crippen LogP contribution in [-0.2, 0) is 4.79 Å². The van der Waals surface area contributed by atoms with Crippen molar-refractivity contribution in [3.8, 4) is 0 Å². The van der Waals surface area contributed by atoms with E-state index in [0.29, 0.717) is 17.9 Å². The van der Waals surface area contributed by atoms with E-state index in [1.165, 1.54) is 12.8 Å². The van der Waals surface area contributed by atoms with Crippen LogP contribution < -0.4 is 5.32 Å². The molecule has 2 heterocycles. The molecule has 2 fully saturated rings. The Labute approximate surface area is 98.6 Å². The van der Waals surface area contributed by atoms with Crippen molar-refractivity contribution < 1.29 is 4.79 Å². The third-order valence-electron chi connectivity index (χ3n) is 4.00. The van der Waals surface area contributed by atoms with E-state index in [0.717, 1.165) is 32.5 Å². The predicted molar refractivity (Wildman–Crippen MR) is 65.2 cm³/mol. The molecule has 2 atom stereocenters. The topological polar surface area (TPSA) is 32.3 Å². The summed E-state index contributed by atoms with van der Waals surface area (Å²) in [4.78, 5) is 14.6. The number of hydrogen-bond donors (Lipinski definition) is 1. The molecule has 0 spiro atoms. The van der Waals surface area contributed by atoms with Gasteiger partial charge in [-0.1, -0.05) is 13.8 Å². The van der Waals surface area contributed by atoms with Crippen LogP contribution in [0.25, 0.3) is 0 Å². The molecule has 92 valence electrons. The minimum atomic E-state index is 0.244. The number of carbonyl (C=O) groups excluding carboxylic acids is 1. The molecule has 0 radical (unpaired) electrons. The number of hydrogen-bond acceptors (Lipinski definition) is 2. The van der Waals surface area contributed by atoms with E-state index in [-0.39, 0.29) is 5.92 Å². The first-order valence-corrected chi connectivity index (χ1v) is 6.71. The number of likely N-dealkylation sites (tertiary alicyclic amines) is 1. The Morgan fingerprint density at radius 2 is 2.12 bits per heavy atom. The number of rotatable bonds is 2. The molecule has 0 aromatic carbocycles. The zero-order valence-corrected chi connectivity index (χ0v) is 10.5. The van der Waals surface area contributed by atoms with Crippen LogP contribution in [0.2, 0.25) is 0 Å². The van der Waals surface area contributed by atoms with Crippen molar-refractivity contribution in [2.45, 2.75) is 45.6 Å². The second-order valence-corrected chi connectivity index (χ2v) is 5.53. The lowest BCUT2D eigenvalue weighted by Crippen LogP contribution is -2.46. The van der Waals surface area contributed by atoms with E-state index >= 15 is 0 Å². The van der Waals surface area contributed by atoms with Gasteiger partial charge in [-0.25, -0.2) is 0 Å². The van der Waals surface area contributed by atoms with Crippen molar-refractivity contribution >= 4 is 5.91 Å². The van der Waals surface area contributed by atoms with E-state index in [1.54, 1.807) is 0 Å². The zero-order valence-electron chi connectivity index (χ0n) is 10.5. The van der Waals surface area contributed by atoms with Gasteiger partial charge in [-0.05, 0) is 38.1 Å². The maximum absolute atomic E-state index is 12.4. The number of carbonyl (C=O) groups is 1. The van der Waals surface area contributed by atoms with Gasteiger partial charge in [0.15, 0.2) is 0 Å². The zero-order chi connectivity index (χ0) is 11.5. The highest BCUT2D eigenvalue weighted by atomic mass is 16.2. The third-order valence-corrected chi connectivity index (χ3v) is 4.00. The molecule has 1 N–H and O–H groups in total. The molecule has 2 aliphatic rings. The van der Waals surface area contributed by atoms with Crippen LogP contribution in [0.3, 0.4) is 0 Å². The van der Waals surface area contributed by atoms with Crippen molar-refractivity contribution in [1.29, 1.82) is 0 Å². The van der Waals surface area contributed by atoms with Crippen LogP contribution in [0.15, 0.2) is 0 Å². The Kier molecular flexibility index (Phi) is 3.85. The lowest BCUT2D eigenvalue weighted by molar-refractivity contribution is -0.137. The highest BCUT2D eigenvalue weighted by Gasteiger charge is 2.34. The Morgan fingerprint density at radius 1 is 1.31 bits per heavy atom. The van der Waals surface area contributed by atoms with Gasteiger partial charge in [-0.3, -0.25) is 4.79 Å². The summed E-state index contributed by atoms with van der Waals surface area (Å²) >= 11 is 0. The Bertz CT molecular complexity index is 246. The van der Waals surface area contributed by atoms with Gasteiger partial charge in [0.1, 0.15) is 0 Å². The fourth-order valence-electron chi connectivity index (χ4n) is 3.06. The smallest absolute Gasteiger partial charge is 0.227 e. The van der Waals surface area contributed by atoms with Crippen molar-refractivity contribution in [1.82, 2.24) is 10.2 Å². The summed E-state index contributed by atoms with van der Waals surface area (Å²) in [5.41, 5.74) is 0. The van der Waals surface area contributed by atoms with Gasteiger partial charge < -0.3 is 10.2 Å². The molecular weight excluding hydrogens is 200 g/mol. The summed E-state index contributed by atoms with van der Waals surface area (Å²) in [6.07, 6.45) is 4.61. The molecule has 0 aromatic rings. The summed E-state index contributed by atoms with van der Waals surface area (Å²) in [5.74, 6) is 1.25. The van der Waals surface area contributed by atoms with Crippen LogP contribution in [0.1, 0.15) is 39.5 Å². The SMILES string of the molecule is CC(C)C1CCCN1C(=O)C1CCCNC1. The number of nitrogens with zero attached hydrogens (tertiary/aromatic N) is 1. The van der Waals surface area contributed by atoms with Crippen molar-refractivity contribution in [3.63, 3.8) is 0 Å². The molecule has 0 bridgehead atoms. The Balaban J connectivity index is 1.97. The number of nitrogens with one attached hydrogen (secondary N) is 1. The minimum absolute atomic E-state index is 0.244. The molecule has 2 rings (SSSR count). The van der Waals surface area contributed by atoms with E-state index in [4.69, 9.17) is 0 Å². The van der Waals surface area contributed by atoms with Crippen LogP contribution in [0.5, 0.6) is 0 Å². The van der Waals surface area contributed by atoms with Crippen LogP contribution in [0.4, 0.5) is 0 Å². The summed E-state index contributed by atoms with van der Waals surface area (Å²) in [6.45, 7) is 7.42. The lowest BCUT2D eigenvalue weighted by atomic mass is 9.96. The van der Waals surface area contributed by atoms with Gasteiger partial charge >= 0.3 is 0 Å². The monoisotopic (exact) mass is 224 g/mol. The standard InChI is InChI=1S/C13H24N2O/c1-10(2)12-6-4-8-15(12)13(16)11-5-3-7-14-9-11/h10-12,14H,3-9H2,1-2H3. The number of piperidine rings is 1.